The number of allylic oxidation sites excluding steroid dienone is 2. The maximum absolute atomic E-state index is 13.1. The zero-order chi connectivity index (χ0) is 21.7. The topological polar surface area (TPSA) is 34.1 Å². The Labute approximate surface area is 180 Å². The highest BCUT2D eigenvalue weighted by Crippen LogP contribution is 2.66. The molecule has 1 aromatic rings. The molecule has 5 rings (SSSR count). The van der Waals surface area contributed by atoms with Gasteiger partial charge in [-0.25, -0.2) is 0 Å². The normalized spacial score (nSPS) is 40.9. The van der Waals surface area contributed by atoms with E-state index in [1.165, 1.54) is 0 Å². The first-order valence-electron chi connectivity index (χ1n) is 11.6. The van der Waals surface area contributed by atoms with Crippen LogP contribution in [0.15, 0.2) is 35.4 Å². The molecule has 4 aliphatic rings. The highest BCUT2D eigenvalue weighted by atomic mass is 16.1. The van der Waals surface area contributed by atoms with E-state index in [0.29, 0.717) is 23.4 Å². The fourth-order valence-corrected chi connectivity index (χ4v) is 7.24. The molecule has 1 aromatic carbocycles. The summed E-state index contributed by atoms with van der Waals surface area (Å²) in [6.45, 7) is 13.3. The van der Waals surface area contributed by atoms with E-state index in [-0.39, 0.29) is 21.7 Å². The van der Waals surface area contributed by atoms with Crippen molar-refractivity contribution in [1.82, 2.24) is 0 Å². The van der Waals surface area contributed by atoms with Crippen molar-refractivity contribution < 1.29 is 9.59 Å². The molecule has 30 heavy (non-hydrogen) atoms. The number of ketones is 2. The van der Waals surface area contributed by atoms with Gasteiger partial charge in [0.15, 0.2) is 11.6 Å². The minimum Gasteiger partial charge on any atom is -0.294 e. The zero-order valence-corrected chi connectivity index (χ0v) is 19.3. The number of benzene rings is 1. The summed E-state index contributed by atoms with van der Waals surface area (Å²) in [5.74, 6) is 1.42. The average Bonchev–Trinajstić information content (AvgIpc) is 3.17. The molecule has 4 saturated carbocycles. The van der Waals surface area contributed by atoms with Crippen LogP contribution in [0.5, 0.6) is 0 Å². The van der Waals surface area contributed by atoms with Crippen LogP contribution in [0.3, 0.4) is 0 Å². The number of carbonyl (C=O) groups is 2. The Morgan fingerprint density at radius 2 is 1.00 bits per heavy atom. The molecule has 0 amide bonds. The van der Waals surface area contributed by atoms with Crippen molar-refractivity contribution in [2.45, 2.75) is 67.2 Å². The molecule has 4 atom stereocenters. The van der Waals surface area contributed by atoms with Gasteiger partial charge < -0.3 is 0 Å². The molecule has 2 heteroatoms. The van der Waals surface area contributed by atoms with Crippen molar-refractivity contribution in [3.63, 3.8) is 0 Å². The summed E-state index contributed by atoms with van der Waals surface area (Å²) < 4.78 is 0. The lowest BCUT2D eigenvalue weighted by Gasteiger charge is -2.31. The van der Waals surface area contributed by atoms with Crippen molar-refractivity contribution in [2.75, 3.05) is 0 Å². The highest BCUT2D eigenvalue weighted by Gasteiger charge is 2.64. The number of hydrogen-bond acceptors (Lipinski definition) is 2. The van der Waals surface area contributed by atoms with Crippen LogP contribution in [0.2, 0.25) is 0 Å². The predicted octanol–water partition coefficient (Wildman–Crippen LogP) is 6.50. The van der Waals surface area contributed by atoms with E-state index in [1.54, 1.807) is 0 Å². The molecule has 0 saturated heterocycles. The Hall–Kier alpha value is -1.96. The lowest BCUT2D eigenvalue weighted by atomic mass is 9.70. The van der Waals surface area contributed by atoms with Gasteiger partial charge in [0.2, 0.25) is 0 Å². The van der Waals surface area contributed by atoms with Crippen LogP contribution in [-0.2, 0) is 9.59 Å². The second-order valence-corrected chi connectivity index (χ2v) is 11.8. The van der Waals surface area contributed by atoms with E-state index >= 15 is 0 Å². The molecule has 0 heterocycles. The highest BCUT2D eigenvalue weighted by molar-refractivity contribution is 6.08. The van der Waals surface area contributed by atoms with Gasteiger partial charge in [-0.05, 0) is 82.8 Å². The Morgan fingerprint density at radius 3 is 1.27 bits per heavy atom. The van der Waals surface area contributed by atoms with E-state index in [1.807, 2.05) is 0 Å². The minimum atomic E-state index is -0.209. The Kier molecular flexibility index (Phi) is 3.89. The maximum Gasteiger partial charge on any atom is 0.165 e. The predicted molar refractivity (Wildman–Crippen MR) is 122 cm³/mol. The van der Waals surface area contributed by atoms with Crippen LogP contribution in [0.4, 0.5) is 0 Å². The summed E-state index contributed by atoms with van der Waals surface area (Å²) in [5.41, 5.74) is 3.86. The first-order valence-corrected chi connectivity index (χ1v) is 11.6. The Morgan fingerprint density at radius 1 is 0.667 bits per heavy atom. The second-order valence-electron chi connectivity index (χ2n) is 11.8. The molecule has 2 nitrogen and oxygen atoms in total. The maximum atomic E-state index is 13.1. The van der Waals surface area contributed by atoms with Crippen molar-refractivity contribution >= 4 is 23.7 Å². The Balaban J connectivity index is 1.43. The van der Waals surface area contributed by atoms with Gasteiger partial charge in [-0.15, -0.1) is 0 Å². The summed E-state index contributed by atoms with van der Waals surface area (Å²) >= 11 is 0. The SMILES string of the molecule is CC12CCC(/C(=C/c3ccc(/C=C4\C(=O)C5(C)CCC4C5(C)C)cc3)C1=O)C2(C)C. The van der Waals surface area contributed by atoms with Crippen LogP contribution < -0.4 is 0 Å². The standard InChI is InChI=1S/C28H34O2/c1-25(2)21-11-13-27(25,5)23(29)19(21)15-17-7-9-18(10-8-17)16-20-22-12-14-28(6,24(20)30)26(22,3)4/h7-10,15-16,21-22H,11-14H2,1-6H3/b19-15-,20-16-. The number of rotatable bonds is 2. The molecule has 4 bridgehead atoms. The van der Waals surface area contributed by atoms with Gasteiger partial charge in [-0.3, -0.25) is 9.59 Å². The summed E-state index contributed by atoms with van der Waals surface area (Å²) in [4.78, 5) is 26.2. The van der Waals surface area contributed by atoms with E-state index in [4.69, 9.17) is 0 Å². The van der Waals surface area contributed by atoms with Crippen LogP contribution >= 0.6 is 0 Å². The molecule has 4 aliphatic carbocycles. The number of fused-ring (bicyclic) bond motifs is 4. The van der Waals surface area contributed by atoms with E-state index in [2.05, 4.69) is 78.0 Å². The van der Waals surface area contributed by atoms with Gasteiger partial charge >= 0.3 is 0 Å². The van der Waals surface area contributed by atoms with Crippen LogP contribution in [0.25, 0.3) is 12.2 Å². The van der Waals surface area contributed by atoms with Crippen molar-refractivity contribution in [3.8, 4) is 0 Å². The molecule has 0 aromatic heterocycles. The van der Waals surface area contributed by atoms with Gasteiger partial charge in [0.1, 0.15) is 0 Å². The molecule has 158 valence electrons. The fraction of sp³-hybridized carbons (Fsp3) is 0.571. The first kappa shape index (κ1) is 20.0. The van der Waals surface area contributed by atoms with Crippen LogP contribution in [-0.4, -0.2) is 11.6 Å². The second kappa shape index (κ2) is 5.84. The van der Waals surface area contributed by atoms with E-state index < -0.39 is 0 Å². The first-order chi connectivity index (χ1) is 13.9. The van der Waals surface area contributed by atoms with Gasteiger partial charge in [0, 0.05) is 10.8 Å². The minimum absolute atomic E-state index is 0.0470. The van der Waals surface area contributed by atoms with Crippen LogP contribution in [0, 0.1) is 33.5 Å². The van der Waals surface area contributed by atoms with Gasteiger partial charge in [-0.2, -0.15) is 0 Å². The van der Waals surface area contributed by atoms with E-state index in [0.717, 1.165) is 48.0 Å². The number of carbonyl (C=O) groups excluding carboxylic acids is 2. The monoisotopic (exact) mass is 402 g/mol. The summed E-state index contributed by atoms with van der Waals surface area (Å²) in [7, 11) is 0. The van der Waals surface area contributed by atoms with Gasteiger partial charge in [0.05, 0.1) is 0 Å². The molecular weight excluding hydrogens is 368 g/mol. The lowest BCUT2D eigenvalue weighted by Crippen LogP contribution is -2.32. The third-order valence-electron chi connectivity index (χ3n) is 10.3. The number of Topliss-reactive ketones (excluding diaryl/α,β-unsaturated/α-hetero) is 2. The molecule has 0 aliphatic heterocycles. The third-order valence-corrected chi connectivity index (χ3v) is 10.3. The van der Waals surface area contributed by atoms with Gasteiger partial charge in [0.25, 0.3) is 0 Å². The quantitative estimate of drug-likeness (QED) is 0.529. The van der Waals surface area contributed by atoms with Gasteiger partial charge in [-0.1, -0.05) is 65.8 Å². The molecular formula is C28H34O2. The zero-order valence-electron chi connectivity index (χ0n) is 19.3. The van der Waals surface area contributed by atoms with Crippen molar-refractivity contribution in [3.05, 3.63) is 46.5 Å². The molecule has 4 fully saturated rings. The Bertz CT molecular complexity index is 936. The number of hydrogen-bond donors (Lipinski definition) is 0. The van der Waals surface area contributed by atoms with Crippen molar-refractivity contribution in [2.24, 2.45) is 33.5 Å². The molecule has 0 N–H and O–H groups in total. The average molecular weight is 403 g/mol. The third kappa shape index (κ3) is 2.21. The fourth-order valence-electron chi connectivity index (χ4n) is 7.24. The molecule has 0 radical (unpaired) electrons. The van der Waals surface area contributed by atoms with Crippen molar-refractivity contribution in [1.29, 1.82) is 0 Å². The molecule has 0 spiro atoms. The summed E-state index contributed by atoms with van der Waals surface area (Å²) in [5, 5.41) is 0. The molecule has 4 unspecified atom stereocenters. The summed E-state index contributed by atoms with van der Waals surface area (Å²) in [6, 6.07) is 8.38. The van der Waals surface area contributed by atoms with Crippen LogP contribution in [0.1, 0.15) is 78.4 Å². The smallest absolute Gasteiger partial charge is 0.165 e. The van der Waals surface area contributed by atoms with E-state index in [9.17, 15) is 9.59 Å². The lowest BCUT2D eigenvalue weighted by molar-refractivity contribution is -0.126. The largest absolute Gasteiger partial charge is 0.294 e. The summed E-state index contributed by atoms with van der Waals surface area (Å²) in [6.07, 6.45) is 8.48.